The quantitative estimate of drug-likeness (QED) is 0.326. The first-order valence-electron chi connectivity index (χ1n) is 0.667. The fourth-order valence-electron chi connectivity index (χ4n) is 0. The Labute approximate surface area is 63.6 Å². The van der Waals surface area contributed by atoms with Gasteiger partial charge in [0.15, 0.2) is 0 Å². The molecule has 0 heterocycles. The van der Waals surface area contributed by atoms with Crippen LogP contribution in [-0.4, -0.2) is 17.5 Å². The standard InChI is InChI=1S/FH.H2O4S.U/c;1-5(2,3)4;/h1H;(H2,1,2,3,4);/q;;+3/p-3. The summed E-state index contributed by atoms with van der Waals surface area (Å²) in [6.45, 7) is 0. The van der Waals surface area contributed by atoms with Crippen LogP contribution in [0.3, 0.4) is 0 Å². The third-order valence-corrected chi connectivity index (χ3v) is 0. The SMILES string of the molecule is O=S(=O)([O-])[O-].[F-].[U+3]. The van der Waals surface area contributed by atoms with Crippen molar-refractivity contribution < 1.29 is 53.3 Å². The number of hydrogen-bond donors (Lipinski definition) is 0. The molecule has 7 heavy (non-hydrogen) atoms. The molecule has 0 aromatic heterocycles. The Morgan fingerprint density at radius 1 is 1.14 bits per heavy atom. The van der Waals surface area contributed by atoms with Crippen molar-refractivity contribution in [2.45, 2.75) is 0 Å². The largest absolute Gasteiger partial charge is 3.00 e. The van der Waals surface area contributed by atoms with Gasteiger partial charge in [-0.1, -0.05) is 0 Å². The van der Waals surface area contributed by atoms with Crippen molar-refractivity contribution in [3.05, 3.63) is 0 Å². The second-order valence-corrected chi connectivity index (χ2v) is 1.22. The fraction of sp³-hybridized carbons (Fsp3) is 0. The van der Waals surface area contributed by atoms with Crippen LogP contribution >= 0.6 is 0 Å². The number of halogens is 1. The van der Waals surface area contributed by atoms with Crippen LogP contribution in [0.15, 0.2) is 0 Å². The van der Waals surface area contributed by atoms with E-state index in [4.69, 9.17) is 17.5 Å². The average Bonchev–Trinajstić information content (AvgIpc) is 0.722. The third kappa shape index (κ3) is 222. The molecule has 0 saturated heterocycles. The monoisotopic (exact) mass is 353 g/mol. The van der Waals surface area contributed by atoms with E-state index in [9.17, 15) is 0 Å². The van der Waals surface area contributed by atoms with Crippen LogP contribution < -0.4 is 4.70 Å². The minimum atomic E-state index is -5.17. The van der Waals surface area contributed by atoms with Gasteiger partial charge in [0.25, 0.3) is 0 Å². The summed E-state index contributed by atoms with van der Waals surface area (Å²) < 4.78 is 34.1. The summed E-state index contributed by atoms with van der Waals surface area (Å²) >= 11 is 0. The molecule has 0 rings (SSSR count). The van der Waals surface area contributed by atoms with Gasteiger partial charge in [-0.3, -0.25) is 8.42 Å². The van der Waals surface area contributed by atoms with Gasteiger partial charge in [-0.25, -0.2) is 0 Å². The zero-order valence-corrected chi connectivity index (χ0v) is 7.90. The first-order valence-corrected chi connectivity index (χ1v) is 2.00. The van der Waals surface area contributed by atoms with Crippen LogP contribution in [0.4, 0.5) is 0 Å². The smallest absolute Gasteiger partial charge is 1.00 e. The molecular weight excluding hydrogens is 353 g/mol. The molecule has 0 saturated carbocycles. The van der Waals surface area contributed by atoms with Crippen molar-refractivity contribution in [1.82, 2.24) is 0 Å². The molecule has 0 atom stereocenters. The molecule has 0 aromatic rings. The molecule has 0 spiro atoms. The average molecular weight is 353 g/mol. The number of rotatable bonds is 0. The van der Waals surface area contributed by atoms with Gasteiger partial charge in [-0.05, 0) is 0 Å². The van der Waals surface area contributed by atoms with Gasteiger partial charge in [-0.15, -0.1) is 0 Å². The number of hydrogen-bond acceptors (Lipinski definition) is 4. The van der Waals surface area contributed by atoms with Gasteiger partial charge in [0.2, 0.25) is 0 Å². The van der Waals surface area contributed by atoms with Crippen molar-refractivity contribution in [2.75, 3.05) is 0 Å². The zero-order valence-electron chi connectivity index (χ0n) is 2.92. The Morgan fingerprint density at radius 3 is 1.14 bits per heavy atom. The van der Waals surface area contributed by atoms with Gasteiger partial charge in [0.05, 0.1) is 0 Å². The Hall–Kier alpha value is 0.852. The molecule has 0 fully saturated rings. The molecule has 0 N–H and O–H groups in total. The van der Waals surface area contributed by atoms with Crippen molar-refractivity contribution in [3.8, 4) is 0 Å². The summed E-state index contributed by atoms with van der Waals surface area (Å²) in [6.07, 6.45) is 0. The van der Waals surface area contributed by atoms with E-state index in [0.29, 0.717) is 0 Å². The van der Waals surface area contributed by atoms with Crippen LogP contribution in [-0.2, 0) is 10.4 Å². The minimum absolute atomic E-state index is 0. The van der Waals surface area contributed by atoms with Gasteiger partial charge >= 0.3 is 31.1 Å². The van der Waals surface area contributed by atoms with Gasteiger partial charge in [-0.2, -0.15) is 0 Å². The summed E-state index contributed by atoms with van der Waals surface area (Å²) in [5, 5.41) is 0. The normalized spacial score (nSPS) is 8.29. The molecule has 0 aliphatic heterocycles. The Kier molecular flexibility index (Phi) is 11.2. The van der Waals surface area contributed by atoms with Gasteiger partial charge in [0, 0.05) is 10.4 Å². The van der Waals surface area contributed by atoms with E-state index in [1.807, 2.05) is 0 Å². The van der Waals surface area contributed by atoms with Crippen molar-refractivity contribution >= 4 is 10.4 Å². The molecule has 0 unspecified atom stereocenters. The van der Waals surface area contributed by atoms with Crippen molar-refractivity contribution in [3.63, 3.8) is 0 Å². The molecule has 0 aliphatic rings. The minimum Gasteiger partial charge on any atom is -1.00 e. The van der Waals surface area contributed by atoms with E-state index in [-0.39, 0.29) is 35.8 Å². The predicted molar refractivity (Wildman–Crippen MR) is 10.5 cm³/mol. The third-order valence-electron chi connectivity index (χ3n) is 0. The van der Waals surface area contributed by atoms with E-state index in [1.165, 1.54) is 0 Å². The molecule has 0 aromatic carbocycles. The van der Waals surface area contributed by atoms with E-state index in [2.05, 4.69) is 0 Å². The van der Waals surface area contributed by atoms with E-state index < -0.39 is 10.4 Å². The first kappa shape index (κ1) is 15.7. The van der Waals surface area contributed by atoms with Crippen LogP contribution in [0, 0.1) is 31.1 Å². The Bertz CT molecular complexity index is 94.9. The molecule has 41 valence electrons. The van der Waals surface area contributed by atoms with E-state index in [1.54, 1.807) is 0 Å². The summed E-state index contributed by atoms with van der Waals surface area (Å²) in [4.78, 5) is 0. The summed E-state index contributed by atoms with van der Waals surface area (Å²) in [5.41, 5.74) is 0. The van der Waals surface area contributed by atoms with Crippen molar-refractivity contribution in [1.29, 1.82) is 0 Å². The summed E-state index contributed by atoms with van der Waals surface area (Å²) in [6, 6.07) is 0. The second-order valence-electron chi connectivity index (χ2n) is 0.408. The Balaban J connectivity index is -0.0000000800. The van der Waals surface area contributed by atoms with E-state index in [0.717, 1.165) is 0 Å². The maximum atomic E-state index is 8.52. The molecule has 0 aliphatic carbocycles. The molecule has 1 radical (unpaired) electrons. The van der Waals surface area contributed by atoms with Crippen molar-refractivity contribution in [2.24, 2.45) is 0 Å². The van der Waals surface area contributed by atoms with Crippen LogP contribution in [0.5, 0.6) is 0 Å². The van der Waals surface area contributed by atoms with Crippen LogP contribution in [0.1, 0.15) is 0 Å². The molecule has 4 nitrogen and oxygen atoms in total. The van der Waals surface area contributed by atoms with Crippen LogP contribution in [0.2, 0.25) is 0 Å². The molecule has 0 bridgehead atoms. The topological polar surface area (TPSA) is 80.3 Å². The second kappa shape index (κ2) is 5.00. The zero-order chi connectivity index (χ0) is 4.50. The Morgan fingerprint density at radius 2 is 1.14 bits per heavy atom. The predicted octanol–water partition coefficient (Wildman–Crippen LogP) is -4.33. The maximum Gasteiger partial charge on any atom is 3.00 e. The van der Waals surface area contributed by atoms with E-state index >= 15 is 0 Å². The fourth-order valence-corrected chi connectivity index (χ4v) is 0. The van der Waals surface area contributed by atoms with Gasteiger partial charge < -0.3 is 13.8 Å². The molecular formula is FO4SU. The summed E-state index contributed by atoms with van der Waals surface area (Å²) in [5.74, 6) is 0. The van der Waals surface area contributed by atoms with Gasteiger partial charge in [0.1, 0.15) is 0 Å². The summed E-state index contributed by atoms with van der Waals surface area (Å²) in [7, 11) is -5.17. The molecule has 7 heteroatoms. The maximum absolute atomic E-state index is 8.52. The van der Waals surface area contributed by atoms with Crippen LogP contribution in [0.25, 0.3) is 0 Å². The first-order chi connectivity index (χ1) is 2.00. The molecule has 0 amide bonds.